The van der Waals surface area contributed by atoms with Crippen LogP contribution in [0, 0.1) is 11.6 Å². The van der Waals surface area contributed by atoms with Crippen molar-refractivity contribution >= 4 is 17.5 Å². The minimum atomic E-state index is -1.38. The maximum absolute atomic E-state index is 13.0. The summed E-state index contributed by atoms with van der Waals surface area (Å²) in [5, 5.41) is 12.9. The number of rotatable bonds is 4. The van der Waals surface area contributed by atoms with Gasteiger partial charge in [-0.15, -0.1) is 0 Å². The zero-order valence-corrected chi connectivity index (χ0v) is 12.5. The molecule has 2 aromatic rings. The van der Waals surface area contributed by atoms with E-state index in [1.807, 2.05) is 0 Å². The summed E-state index contributed by atoms with van der Waals surface area (Å²) in [6.07, 6.45) is 0. The molecule has 0 bridgehead atoms. The van der Waals surface area contributed by atoms with E-state index in [0.717, 1.165) is 12.1 Å². The maximum Gasteiger partial charge on any atom is 0.252 e. The Kier molecular flexibility index (Phi) is 4.78. The van der Waals surface area contributed by atoms with E-state index >= 15 is 0 Å². The number of halogens is 3. The molecule has 3 nitrogen and oxygen atoms in total. The Morgan fingerprint density at radius 2 is 1.77 bits per heavy atom. The van der Waals surface area contributed by atoms with E-state index in [9.17, 15) is 18.7 Å². The monoisotopic (exact) mass is 325 g/mol. The van der Waals surface area contributed by atoms with Gasteiger partial charge in [-0.25, -0.2) is 8.78 Å². The lowest BCUT2D eigenvalue weighted by molar-refractivity contribution is 0.0526. The first-order valence-electron chi connectivity index (χ1n) is 6.51. The predicted octanol–water partition coefficient (Wildman–Crippen LogP) is 3.26. The molecule has 2 N–H and O–H groups in total. The van der Waals surface area contributed by atoms with Crippen molar-refractivity contribution in [2.45, 2.75) is 12.5 Å². The van der Waals surface area contributed by atoms with Gasteiger partial charge in [0.15, 0.2) is 0 Å². The zero-order valence-electron chi connectivity index (χ0n) is 11.7. The van der Waals surface area contributed by atoms with Crippen molar-refractivity contribution in [2.75, 3.05) is 6.54 Å². The smallest absolute Gasteiger partial charge is 0.252 e. The molecule has 0 aliphatic rings. The Bertz CT molecular complexity index is 687. The van der Waals surface area contributed by atoms with E-state index in [-0.39, 0.29) is 17.1 Å². The summed E-state index contributed by atoms with van der Waals surface area (Å²) in [4.78, 5) is 12.0. The summed E-state index contributed by atoms with van der Waals surface area (Å²) < 4.78 is 25.8. The zero-order chi connectivity index (χ0) is 16.3. The second kappa shape index (κ2) is 6.42. The second-order valence-corrected chi connectivity index (χ2v) is 5.49. The van der Waals surface area contributed by atoms with Crippen LogP contribution >= 0.6 is 11.6 Å². The van der Waals surface area contributed by atoms with E-state index < -0.39 is 23.1 Å². The van der Waals surface area contributed by atoms with Gasteiger partial charge in [0.2, 0.25) is 0 Å². The van der Waals surface area contributed by atoms with Gasteiger partial charge < -0.3 is 10.4 Å². The Hall–Kier alpha value is -1.98. The highest BCUT2D eigenvalue weighted by Crippen LogP contribution is 2.21. The van der Waals surface area contributed by atoms with Crippen molar-refractivity contribution in [3.05, 3.63) is 70.2 Å². The van der Waals surface area contributed by atoms with Crippen molar-refractivity contribution in [3.63, 3.8) is 0 Å². The van der Waals surface area contributed by atoms with Gasteiger partial charge in [-0.05, 0) is 42.8 Å². The lowest BCUT2D eigenvalue weighted by Crippen LogP contribution is -2.38. The van der Waals surface area contributed by atoms with Crippen LogP contribution in [0.25, 0.3) is 0 Å². The van der Waals surface area contributed by atoms with Crippen LogP contribution in [0.15, 0.2) is 42.5 Å². The number of benzene rings is 2. The summed E-state index contributed by atoms with van der Waals surface area (Å²) >= 11 is 5.80. The lowest BCUT2D eigenvalue weighted by atomic mass is 9.96. The van der Waals surface area contributed by atoms with Crippen LogP contribution < -0.4 is 5.32 Å². The molecule has 0 radical (unpaired) electrons. The van der Waals surface area contributed by atoms with E-state index in [4.69, 9.17) is 11.6 Å². The van der Waals surface area contributed by atoms with Gasteiger partial charge in [0.1, 0.15) is 17.2 Å². The molecule has 2 rings (SSSR count). The number of carbonyl (C=O) groups is 1. The number of hydrogen-bond acceptors (Lipinski definition) is 2. The van der Waals surface area contributed by atoms with Gasteiger partial charge in [-0.1, -0.05) is 23.7 Å². The highest BCUT2D eigenvalue weighted by Gasteiger charge is 2.24. The molecule has 0 saturated carbocycles. The van der Waals surface area contributed by atoms with Crippen molar-refractivity contribution in [2.24, 2.45) is 0 Å². The first kappa shape index (κ1) is 16.4. The van der Waals surface area contributed by atoms with Crippen molar-refractivity contribution in [1.82, 2.24) is 5.32 Å². The van der Waals surface area contributed by atoms with Gasteiger partial charge in [-0.2, -0.15) is 0 Å². The Morgan fingerprint density at radius 1 is 1.18 bits per heavy atom. The molecule has 22 heavy (non-hydrogen) atoms. The van der Waals surface area contributed by atoms with Crippen LogP contribution in [-0.2, 0) is 5.60 Å². The molecule has 1 atom stereocenters. The number of amides is 1. The summed E-state index contributed by atoms with van der Waals surface area (Å²) in [7, 11) is 0. The molecule has 1 amide bonds. The lowest BCUT2D eigenvalue weighted by Gasteiger charge is -2.24. The number of hydrogen-bond donors (Lipinski definition) is 2. The molecule has 1 unspecified atom stereocenters. The first-order valence-corrected chi connectivity index (χ1v) is 6.89. The highest BCUT2D eigenvalue weighted by molar-refractivity contribution is 6.33. The summed E-state index contributed by atoms with van der Waals surface area (Å²) in [6, 6.07) is 8.75. The van der Waals surface area contributed by atoms with Crippen molar-refractivity contribution < 1.29 is 18.7 Å². The minimum Gasteiger partial charge on any atom is -0.384 e. The molecule has 0 aromatic heterocycles. The van der Waals surface area contributed by atoms with Crippen LogP contribution in [0.1, 0.15) is 22.8 Å². The molecule has 0 aliphatic carbocycles. The molecular formula is C16H14ClF2NO2. The topological polar surface area (TPSA) is 49.3 Å². The second-order valence-electron chi connectivity index (χ2n) is 5.09. The Balaban J connectivity index is 2.08. The maximum atomic E-state index is 13.0. The fraction of sp³-hybridized carbons (Fsp3) is 0.188. The fourth-order valence-electron chi connectivity index (χ4n) is 1.93. The SMILES string of the molecule is CC(O)(CNC(=O)c1ccc(F)cc1Cl)c1ccc(F)cc1. The molecule has 6 heteroatoms. The van der Waals surface area contributed by atoms with Gasteiger partial charge in [0.05, 0.1) is 17.1 Å². The van der Waals surface area contributed by atoms with Gasteiger partial charge in [0.25, 0.3) is 5.91 Å². The third kappa shape index (κ3) is 3.81. The van der Waals surface area contributed by atoms with Gasteiger partial charge in [-0.3, -0.25) is 4.79 Å². The summed E-state index contributed by atoms with van der Waals surface area (Å²) in [5.74, 6) is -1.49. The van der Waals surface area contributed by atoms with Crippen molar-refractivity contribution in [3.8, 4) is 0 Å². The molecule has 0 spiro atoms. The standard InChI is InChI=1S/C16H14ClF2NO2/c1-16(22,10-2-4-11(18)5-3-10)9-20-15(21)13-7-6-12(19)8-14(13)17/h2-8,22H,9H2,1H3,(H,20,21). The predicted molar refractivity (Wildman–Crippen MR) is 79.7 cm³/mol. The van der Waals surface area contributed by atoms with Crippen LogP contribution in [0.5, 0.6) is 0 Å². The quantitative estimate of drug-likeness (QED) is 0.906. The third-order valence-electron chi connectivity index (χ3n) is 3.24. The number of carbonyl (C=O) groups excluding carboxylic acids is 1. The van der Waals surface area contributed by atoms with Crippen LogP contribution in [-0.4, -0.2) is 17.6 Å². The van der Waals surface area contributed by atoms with Crippen LogP contribution in [0.4, 0.5) is 8.78 Å². The highest BCUT2D eigenvalue weighted by atomic mass is 35.5. The molecule has 0 saturated heterocycles. The average molecular weight is 326 g/mol. The van der Waals surface area contributed by atoms with E-state index in [0.29, 0.717) is 5.56 Å². The first-order chi connectivity index (χ1) is 10.3. The fourth-order valence-corrected chi connectivity index (χ4v) is 2.19. The molecule has 2 aromatic carbocycles. The molecular weight excluding hydrogens is 312 g/mol. The average Bonchev–Trinajstić information content (AvgIpc) is 2.45. The van der Waals surface area contributed by atoms with Crippen LogP contribution in [0.2, 0.25) is 5.02 Å². The van der Waals surface area contributed by atoms with E-state index in [1.54, 1.807) is 0 Å². The molecule has 116 valence electrons. The molecule has 0 fully saturated rings. The molecule has 0 heterocycles. The van der Waals surface area contributed by atoms with Crippen molar-refractivity contribution in [1.29, 1.82) is 0 Å². The number of aliphatic hydroxyl groups is 1. The Labute approximate surface area is 131 Å². The normalized spacial score (nSPS) is 13.5. The number of nitrogens with one attached hydrogen (secondary N) is 1. The van der Waals surface area contributed by atoms with Gasteiger partial charge in [0, 0.05) is 0 Å². The summed E-state index contributed by atoms with van der Waals surface area (Å²) in [5.41, 5.74) is -0.812. The molecule has 0 aliphatic heterocycles. The summed E-state index contributed by atoms with van der Waals surface area (Å²) in [6.45, 7) is 1.39. The van der Waals surface area contributed by atoms with Gasteiger partial charge >= 0.3 is 0 Å². The van der Waals surface area contributed by atoms with Crippen LogP contribution in [0.3, 0.4) is 0 Å². The largest absolute Gasteiger partial charge is 0.384 e. The van der Waals surface area contributed by atoms with E-state index in [2.05, 4.69) is 5.32 Å². The minimum absolute atomic E-state index is 0.0149. The van der Waals surface area contributed by atoms with E-state index in [1.165, 1.54) is 37.3 Å². The third-order valence-corrected chi connectivity index (χ3v) is 3.55. The Morgan fingerprint density at radius 3 is 2.36 bits per heavy atom.